The second kappa shape index (κ2) is 11.7. The number of hydrogen-bond donors (Lipinski definition) is 2. The maximum atomic E-state index is 13.0. The summed E-state index contributed by atoms with van der Waals surface area (Å²) in [5.41, 5.74) is 3.16. The molecule has 2 N–H and O–H groups in total. The third-order valence-corrected chi connectivity index (χ3v) is 6.91. The van der Waals surface area contributed by atoms with Crippen LogP contribution >= 0.6 is 0 Å². The summed E-state index contributed by atoms with van der Waals surface area (Å²) in [5.74, 6) is -1.16. The fourth-order valence-corrected chi connectivity index (χ4v) is 4.71. The Hall–Kier alpha value is -3.10. The molecule has 0 spiro atoms. The summed E-state index contributed by atoms with van der Waals surface area (Å²) in [7, 11) is -3.69. The van der Waals surface area contributed by atoms with Gasteiger partial charge in [0.2, 0.25) is 10.0 Å². The number of sulfonamides is 1. The number of rotatable bonds is 12. The van der Waals surface area contributed by atoms with E-state index in [1.165, 1.54) is 12.1 Å². The average molecular weight is 471 g/mol. The Morgan fingerprint density at radius 1 is 1.00 bits per heavy atom. The molecule has 8 heteroatoms. The van der Waals surface area contributed by atoms with Gasteiger partial charge in [0.25, 0.3) is 0 Å². The molecular formula is C25H27FN2O4S. The lowest BCUT2D eigenvalue weighted by Crippen LogP contribution is -2.26. The van der Waals surface area contributed by atoms with E-state index in [4.69, 9.17) is 5.11 Å². The lowest BCUT2D eigenvalue weighted by Gasteiger charge is -2.18. The minimum absolute atomic E-state index is 0.0291. The minimum atomic E-state index is -3.69. The number of carbonyl (C=O) groups is 1. The molecule has 6 nitrogen and oxygen atoms in total. The number of aliphatic carboxylic acids is 1. The molecule has 0 aliphatic heterocycles. The largest absolute Gasteiger partial charge is 0.481 e. The Bertz CT molecular complexity index is 1140. The van der Waals surface area contributed by atoms with Gasteiger partial charge < -0.3 is 5.11 Å². The van der Waals surface area contributed by atoms with Crippen molar-refractivity contribution in [2.24, 2.45) is 0 Å². The van der Waals surface area contributed by atoms with Gasteiger partial charge in [0, 0.05) is 31.3 Å². The number of carboxylic acids is 1. The number of benzene rings is 2. The number of halogens is 1. The number of carboxylic acid groups (broad SMARTS) is 1. The topological polar surface area (TPSA) is 96.4 Å². The van der Waals surface area contributed by atoms with Gasteiger partial charge >= 0.3 is 5.97 Å². The fraction of sp³-hybridized carbons (Fsp3) is 0.280. The Balaban J connectivity index is 1.61. The Kier molecular flexibility index (Phi) is 8.68. The fourth-order valence-electron chi connectivity index (χ4n) is 3.68. The molecule has 0 bridgehead atoms. The molecule has 0 aliphatic rings. The second-order valence-corrected chi connectivity index (χ2v) is 9.59. The van der Waals surface area contributed by atoms with E-state index in [2.05, 4.69) is 9.71 Å². The molecule has 1 atom stereocenters. The van der Waals surface area contributed by atoms with E-state index in [0.717, 1.165) is 41.7 Å². The first-order valence-electron chi connectivity index (χ1n) is 10.8. The van der Waals surface area contributed by atoms with Crippen LogP contribution in [0.2, 0.25) is 0 Å². The summed E-state index contributed by atoms with van der Waals surface area (Å²) in [6, 6.07) is 16.6. The molecular weight excluding hydrogens is 443 g/mol. The van der Waals surface area contributed by atoms with E-state index in [9.17, 15) is 17.6 Å². The van der Waals surface area contributed by atoms with Gasteiger partial charge in [-0.2, -0.15) is 0 Å². The molecule has 3 rings (SSSR count). The third kappa shape index (κ3) is 7.47. The molecule has 174 valence electrons. The van der Waals surface area contributed by atoms with Crippen molar-refractivity contribution in [1.29, 1.82) is 0 Å². The van der Waals surface area contributed by atoms with Gasteiger partial charge in [-0.3, -0.25) is 9.78 Å². The van der Waals surface area contributed by atoms with Crippen molar-refractivity contribution in [2.75, 3.05) is 6.54 Å². The number of nitrogens with one attached hydrogen (secondary N) is 1. The molecule has 0 amide bonds. The summed E-state index contributed by atoms with van der Waals surface area (Å²) in [4.78, 5) is 15.0. The van der Waals surface area contributed by atoms with Gasteiger partial charge in [0.15, 0.2) is 0 Å². The molecule has 1 heterocycles. The quantitative estimate of drug-likeness (QED) is 0.380. The average Bonchev–Trinajstić information content (AvgIpc) is 2.80. The van der Waals surface area contributed by atoms with E-state index in [1.54, 1.807) is 6.20 Å². The van der Waals surface area contributed by atoms with E-state index >= 15 is 0 Å². The van der Waals surface area contributed by atoms with Gasteiger partial charge in [-0.15, -0.1) is 0 Å². The van der Waals surface area contributed by atoms with E-state index in [1.807, 2.05) is 42.6 Å². The number of pyridine rings is 1. The van der Waals surface area contributed by atoms with Crippen molar-refractivity contribution in [1.82, 2.24) is 9.71 Å². The second-order valence-electron chi connectivity index (χ2n) is 7.82. The number of nitrogens with zero attached hydrogens (tertiary/aromatic N) is 1. The Morgan fingerprint density at radius 3 is 2.36 bits per heavy atom. The summed E-state index contributed by atoms with van der Waals surface area (Å²) in [6.07, 6.45) is 6.46. The van der Waals surface area contributed by atoms with Gasteiger partial charge in [-0.05, 0) is 66.3 Å². The van der Waals surface area contributed by atoms with Crippen LogP contribution in [0.1, 0.15) is 48.3 Å². The van der Waals surface area contributed by atoms with Crippen LogP contribution in [0.5, 0.6) is 0 Å². The smallest absolute Gasteiger partial charge is 0.303 e. The maximum Gasteiger partial charge on any atom is 0.303 e. The third-order valence-electron chi connectivity index (χ3n) is 5.43. The van der Waals surface area contributed by atoms with Gasteiger partial charge in [0.05, 0.1) is 4.90 Å². The molecule has 33 heavy (non-hydrogen) atoms. The van der Waals surface area contributed by atoms with E-state index in [-0.39, 0.29) is 23.8 Å². The Labute approximate surface area is 193 Å². The first kappa shape index (κ1) is 24.5. The summed E-state index contributed by atoms with van der Waals surface area (Å²) in [6.45, 7) is 0.222. The normalized spacial score (nSPS) is 12.4. The summed E-state index contributed by atoms with van der Waals surface area (Å²) >= 11 is 0. The molecule has 3 aromatic rings. The van der Waals surface area contributed by atoms with Crippen LogP contribution in [0.25, 0.3) is 0 Å². The zero-order valence-electron chi connectivity index (χ0n) is 18.2. The van der Waals surface area contributed by atoms with Gasteiger partial charge in [0.1, 0.15) is 5.82 Å². The SMILES string of the molecule is O=C(O)CCCCC(c1ccc(CCNS(=O)(=O)c2ccc(F)cc2)cc1)c1cccnc1. The van der Waals surface area contributed by atoms with Gasteiger partial charge in [-0.25, -0.2) is 17.5 Å². The molecule has 1 aromatic heterocycles. The molecule has 0 saturated carbocycles. The van der Waals surface area contributed by atoms with Crippen LogP contribution in [-0.4, -0.2) is 31.0 Å². The predicted molar refractivity (Wildman–Crippen MR) is 124 cm³/mol. The van der Waals surface area contributed by atoms with Crippen molar-refractivity contribution in [3.05, 3.63) is 95.6 Å². The monoisotopic (exact) mass is 470 g/mol. The molecule has 1 unspecified atom stereocenters. The standard InChI is InChI=1S/C25H27FN2O4S/c26-22-11-13-23(14-12-22)33(31,32)28-17-15-19-7-9-20(10-8-19)24(5-1-2-6-25(29)30)21-4-3-16-27-18-21/h3-4,7-14,16,18,24,28H,1-2,5-6,15,17H2,(H,29,30). The number of hydrogen-bond acceptors (Lipinski definition) is 4. The molecule has 0 aliphatic carbocycles. The highest BCUT2D eigenvalue weighted by molar-refractivity contribution is 7.89. The highest BCUT2D eigenvalue weighted by Crippen LogP contribution is 2.30. The van der Waals surface area contributed by atoms with E-state index < -0.39 is 21.8 Å². The van der Waals surface area contributed by atoms with Gasteiger partial charge in [-0.1, -0.05) is 36.8 Å². The van der Waals surface area contributed by atoms with Crippen molar-refractivity contribution in [2.45, 2.75) is 42.9 Å². The van der Waals surface area contributed by atoms with Crippen LogP contribution in [0.4, 0.5) is 4.39 Å². The zero-order chi connectivity index (χ0) is 23.7. The maximum absolute atomic E-state index is 13.0. The van der Waals surface area contributed by atoms with Crippen LogP contribution in [0.3, 0.4) is 0 Å². The van der Waals surface area contributed by atoms with E-state index in [0.29, 0.717) is 12.8 Å². The van der Waals surface area contributed by atoms with Crippen LogP contribution < -0.4 is 4.72 Å². The van der Waals surface area contributed by atoms with Crippen molar-refractivity contribution < 1.29 is 22.7 Å². The molecule has 0 fully saturated rings. The van der Waals surface area contributed by atoms with Crippen LogP contribution in [0, 0.1) is 5.82 Å². The minimum Gasteiger partial charge on any atom is -0.481 e. The highest BCUT2D eigenvalue weighted by Gasteiger charge is 2.16. The lowest BCUT2D eigenvalue weighted by atomic mass is 9.87. The van der Waals surface area contributed by atoms with Crippen LogP contribution in [0.15, 0.2) is 78.0 Å². The summed E-state index contributed by atoms with van der Waals surface area (Å²) < 4.78 is 40.2. The number of aromatic nitrogens is 1. The highest BCUT2D eigenvalue weighted by atomic mass is 32.2. The van der Waals surface area contributed by atoms with Crippen molar-refractivity contribution in [3.63, 3.8) is 0 Å². The van der Waals surface area contributed by atoms with Crippen molar-refractivity contribution in [3.8, 4) is 0 Å². The first-order valence-corrected chi connectivity index (χ1v) is 12.3. The number of unbranched alkanes of at least 4 members (excludes halogenated alkanes) is 1. The Morgan fingerprint density at radius 2 is 1.73 bits per heavy atom. The molecule has 2 aromatic carbocycles. The zero-order valence-corrected chi connectivity index (χ0v) is 19.0. The van der Waals surface area contributed by atoms with Crippen LogP contribution in [-0.2, 0) is 21.2 Å². The predicted octanol–water partition coefficient (Wildman–Crippen LogP) is 4.52. The first-order chi connectivity index (χ1) is 15.8. The molecule has 0 radical (unpaired) electrons. The van der Waals surface area contributed by atoms with Crippen molar-refractivity contribution >= 4 is 16.0 Å². The summed E-state index contributed by atoms with van der Waals surface area (Å²) in [5, 5.41) is 8.87. The lowest BCUT2D eigenvalue weighted by molar-refractivity contribution is -0.137. The molecule has 0 saturated heterocycles.